The molecule has 0 saturated heterocycles. The summed E-state index contributed by atoms with van der Waals surface area (Å²) in [4.78, 5) is 22.0. The third kappa shape index (κ3) is 6.80. The molecule has 0 heterocycles. The van der Waals surface area contributed by atoms with Gasteiger partial charge < -0.3 is 10.4 Å². The molecule has 0 spiro atoms. The molecule has 0 aromatic rings. The van der Waals surface area contributed by atoms with Gasteiger partial charge in [0, 0.05) is 6.42 Å². The maximum Gasteiger partial charge on any atom is 0.389 e. The molecule has 17 heavy (non-hydrogen) atoms. The number of amides is 1. The first-order valence-corrected chi connectivity index (χ1v) is 5.26. The Morgan fingerprint density at radius 3 is 2.24 bits per heavy atom. The number of carboxylic acid groups (broad SMARTS) is 1. The van der Waals surface area contributed by atoms with Gasteiger partial charge in [-0.05, 0) is 5.92 Å². The Bertz CT molecular complexity index is 278. The average molecular weight is 255 g/mol. The van der Waals surface area contributed by atoms with Gasteiger partial charge in [-0.15, -0.1) is 0 Å². The number of carbonyl (C=O) groups is 2. The number of hydrogen-bond donors (Lipinski definition) is 2. The number of hydrogen-bond acceptors (Lipinski definition) is 2. The minimum Gasteiger partial charge on any atom is -0.480 e. The third-order valence-electron chi connectivity index (χ3n) is 2.43. The van der Waals surface area contributed by atoms with Crippen LogP contribution in [0, 0.1) is 5.92 Å². The monoisotopic (exact) mass is 255 g/mol. The SMILES string of the molecule is CC[C@@H](C)[C@H](NC(=O)CCC(F)(F)F)C(=O)O. The predicted molar refractivity (Wildman–Crippen MR) is 54.3 cm³/mol. The summed E-state index contributed by atoms with van der Waals surface area (Å²) in [5, 5.41) is 10.9. The average Bonchev–Trinajstić information content (AvgIpc) is 2.20. The van der Waals surface area contributed by atoms with Gasteiger partial charge in [0.25, 0.3) is 0 Å². The lowest BCUT2D eigenvalue weighted by molar-refractivity contribution is -0.147. The van der Waals surface area contributed by atoms with Crippen LogP contribution in [0.2, 0.25) is 0 Å². The van der Waals surface area contributed by atoms with Crippen molar-refractivity contribution in [1.29, 1.82) is 0 Å². The van der Waals surface area contributed by atoms with Crippen LogP contribution >= 0.6 is 0 Å². The summed E-state index contributed by atoms with van der Waals surface area (Å²) in [6.07, 6.45) is -5.89. The Hall–Kier alpha value is -1.27. The fourth-order valence-corrected chi connectivity index (χ4v) is 1.18. The van der Waals surface area contributed by atoms with Crippen molar-refractivity contribution < 1.29 is 27.9 Å². The van der Waals surface area contributed by atoms with E-state index < -0.39 is 36.9 Å². The zero-order valence-electron chi connectivity index (χ0n) is 9.67. The summed E-state index contributed by atoms with van der Waals surface area (Å²) in [6, 6.07) is -1.14. The maximum absolute atomic E-state index is 11.8. The van der Waals surface area contributed by atoms with Crippen LogP contribution in [0.3, 0.4) is 0 Å². The number of rotatable bonds is 6. The van der Waals surface area contributed by atoms with Gasteiger partial charge in [0.15, 0.2) is 0 Å². The molecule has 4 nitrogen and oxygen atoms in total. The minimum atomic E-state index is -4.41. The largest absolute Gasteiger partial charge is 0.480 e. The summed E-state index contributed by atoms with van der Waals surface area (Å²) in [5.41, 5.74) is 0. The summed E-state index contributed by atoms with van der Waals surface area (Å²) in [6.45, 7) is 3.35. The van der Waals surface area contributed by atoms with E-state index in [1.807, 2.05) is 0 Å². The molecule has 0 radical (unpaired) electrons. The van der Waals surface area contributed by atoms with Crippen LogP contribution < -0.4 is 5.32 Å². The Morgan fingerprint density at radius 1 is 1.35 bits per heavy atom. The van der Waals surface area contributed by atoms with Gasteiger partial charge >= 0.3 is 12.1 Å². The number of carbonyl (C=O) groups excluding carboxylic acids is 1. The molecule has 0 aromatic carbocycles. The number of alkyl halides is 3. The molecule has 2 atom stereocenters. The number of nitrogens with one attached hydrogen (secondary N) is 1. The van der Waals surface area contributed by atoms with Crippen LogP contribution in [0.15, 0.2) is 0 Å². The van der Waals surface area contributed by atoms with Gasteiger partial charge in [0.1, 0.15) is 6.04 Å². The van der Waals surface area contributed by atoms with Crippen molar-refractivity contribution >= 4 is 11.9 Å². The van der Waals surface area contributed by atoms with Crippen molar-refractivity contribution in [3.63, 3.8) is 0 Å². The smallest absolute Gasteiger partial charge is 0.389 e. The first kappa shape index (κ1) is 15.7. The van der Waals surface area contributed by atoms with E-state index in [2.05, 4.69) is 5.32 Å². The Kier molecular flexibility index (Phi) is 5.98. The van der Waals surface area contributed by atoms with Crippen LogP contribution in [0.4, 0.5) is 13.2 Å². The van der Waals surface area contributed by atoms with E-state index >= 15 is 0 Å². The van der Waals surface area contributed by atoms with Crippen LogP contribution in [-0.2, 0) is 9.59 Å². The highest BCUT2D eigenvalue weighted by atomic mass is 19.4. The molecule has 0 unspecified atom stereocenters. The Labute approximate surface area is 97.2 Å². The van der Waals surface area contributed by atoms with E-state index in [9.17, 15) is 22.8 Å². The molecule has 0 fully saturated rings. The van der Waals surface area contributed by atoms with Crippen LogP contribution in [-0.4, -0.2) is 29.2 Å². The lowest BCUT2D eigenvalue weighted by Crippen LogP contribution is -2.45. The molecule has 0 aliphatic heterocycles. The van der Waals surface area contributed by atoms with Crippen molar-refractivity contribution in [3.05, 3.63) is 0 Å². The van der Waals surface area contributed by atoms with Gasteiger partial charge in [-0.3, -0.25) is 4.79 Å². The van der Waals surface area contributed by atoms with Gasteiger partial charge in [0.2, 0.25) is 5.91 Å². The molecule has 0 aliphatic carbocycles. The fourth-order valence-electron chi connectivity index (χ4n) is 1.18. The molecule has 0 aliphatic rings. The van der Waals surface area contributed by atoms with E-state index in [0.717, 1.165) is 0 Å². The Morgan fingerprint density at radius 2 is 1.88 bits per heavy atom. The molecule has 100 valence electrons. The number of carboxylic acids is 1. The van der Waals surface area contributed by atoms with E-state index in [1.54, 1.807) is 13.8 Å². The van der Waals surface area contributed by atoms with Crippen LogP contribution in [0.25, 0.3) is 0 Å². The minimum absolute atomic E-state index is 0.331. The molecule has 0 aromatic heterocycles. The first-order chi connectivity index (χ1) is 7.67. The van der Waals surface area contributed by atoms with E-state index in [-0.39, 0.29) is 5.92 Å². The second kappa shape index (κ2) is 6.46. The molecule has 0 rings (SSSR count). The Balaban J connectivity index is 4.28. The highest BCUT2D eigenvalue weighted by molar-refractivity contribution is 5.83. The highest BCUT2D eigenvalue weighted by Gasteiger charge is 2.30. The summed E-state index contributed by atoms with van der Waals surface area (Å²) in [7, 11) is 0. The molecule has 1 amide bonds. The van der Waals surface area contributed by atoms with Gasteiger partial charge in [0.05, 0.1) is 6.42 Å². The van der Waals surface area contributed by atoms with Crippen molar-refractivity contribution in [1.82, 2.24) is 5.32 Å². The topological polar surface area (TPSA) is 66.4 Å². The molecule has 0 saturated carbocycles. The third-order valence-corrected chi connectivity index (χ3v) is 2.43. The van der Waals surface area contributed by atoms with Gasteiger partial charge in [-0.25, -0.2) is 4.79 Å². The fraction of sp³-hybridized carbons (Fsp3) is 0.800. The summed E-state index contributed by atoms with van der Waals surface area (Å²) < 4.78 is 35.5. The zero-order valence-corrected chi connectivity index (χ0v) is 9.67. The van der Waals surface area contributed by atoms with E-state index in [0.29, 0.717) is 6.42 Å². The number of aliphatic carboxylic acids is 1. The van der Waals surface area contributed by atoms with Crippen molar-refractivity contribution in [2.45, 2.75) is 45.3 Å². The van der Waals surface area contributed by atoms with Gasteiger partial charge in [-0.2, -0.15) is 13.2 Å². The normalized spacial score (nSPS) is 15.1. The first-order valence-electron chi connectivity index (χ1n) is 5.26. The zero-order chi connectivity index (χ0) is 13.6. The lowest BCUT2D eigenvalue weighted by Gasteiger charge is -2.20. The van der Waals surface area contributed by atoms with E-state index in [1.165, 1.54) is 0 Å². The molecule has 7 heteroatoms. The molecule has 2 N–H and O–H groups in total. The van der Waals surface area contributed by atoms with Crippen molar-refractivity contribution in [2.75, 3.05) is 0 Å². The predicted octanol–water partition coefficient (Wildman–Crippen LogP) is 1.94. The second-order valence-corrected chi connectivity index (χ2v) is 3.88. The van der Waals surface area contributed by atoms with Crippen molar-refractivity contribution in [2.24, 2.45) is 5.92 Å². The second-order valence-electron chi connectivity index (χ2n) is 3.88. The standard InChI is InChI=1S/C10H16F3NO3/c1-3-6(2)8(9(16)17)14-7(15)4-5-10(11,12)13/h6,8H,3-5H2,1-2H3,(H,14,15)(H,16,17)/t6-,8+/m1/s1. The van der Waals surface area contributed by atoms with Gasteiger partial charge in [-0.1, -0.05) is 20.3 Å². The number of halogens is 3. The van der Waals surface area contributed by atoms with E-state index in [4.69, 9.17) is 5.11 Å². The molecule has 0 bridgehead atoms. The summed E-state index contributed by atoms with van der Waals surface area (Å²) in [5.74, 6) is -2.46. The highest BCUT2D eigenvalue weighted by Crippen LogP contribution is 2.21. The van der Waals surface area contributed by atoms with Crippen LogP contribution in [0.5, 0.6) is 0 Å². The van der Waals surface area contributed by atoms with Crippen LogP contribution in [0.1, 0.15) is 33.1 Å². The van der Waals surface area contributed by atoms with Crippen molar-refractivity contribution in [3.8, 4) is 0 Å². The quantitative estimate of drug-likeness (QED) is 0.762. The lowest BCUT2D eigenvalue weighted by atomic mass is 9.99. The summed E-state index contributed by atoms with van der Waals surface area (Å²) >= 11 is 0. The molecular formula is C10H16F3NO3. The maximum atomic E-state index is 11.8. The molecular weight excluding hydrogens is 239 g/mol.